The third kappa shape index (κ3) is 4.24. The largest absolute Gasteiger partial charge is 0.481 e. The Balaban J connectivity index is 2.77. The molecule has 88 valence electrons. The number of carboxylic acid groups (broad SMARTS) is 1. The number of hydrogen-bond acceptors (Lipinski definition) is 2. The van der Waals surface area contributed by atoms with Gasteiger partial charge in [-0.25, -0.2) is 0 Å². The standard InChI is InChI=1S/C11H12Cl2O2S/c1-2-8(6-11(14)15)16-10-5-7(12)3-4-9(10)13/h3-5,8H,2,6H2,1H3,(H,14,15). The summed E-state index contributed by atoms with van der Waals surface area (Å²) in [6, 6.07) is 5.20. The molecule has 0 saturated heterocycles. The van der Waals surface area contributed by atoms with Crippen LogP contribution < -0.4 is 0 Å². The third-order valence-corrected chi connectivity index (χ3v) is 4.15. The van der Waals surface area contributed by atoms with Crippen LogP contribution in [-0.2, 0) is 4.79 Å². The van der Waals surface area contributed by atoms with Gasteiger partial charge in [-0.15, -0.1) is 11.8 Å². The predicted octanol–water partition coefficient (Wildman–Crippen LogP) is 4.34. The lowest BCUT2D eigenvalue weighted by molar-refractivity contribution is -0.136. The van der Waals surface area contributed by atoms with E-state index in [1.54, 1.807) is 18.2 Å². The number of benzene rings is 1. The summed E-state index contributed by atoms with van der Waals surface area (Å²) in [6.45, 7) is 1.96. The van der Waals surface area contributed by atoms with Crippen molar-refractivity contribution in [1.82, 2.24) is 0 Å². The quantitative estimate of drug-likeness (QED) is 0.815. The summed E-state index contributed by atoms with van der Waals surface area (Å²) >= 11 is 13.3. The Morgan fingerprint density at radius 3 is 2.75 bits per heavy atom. The lowest BCUT2D eigenvalue weighted by atomic mass is 10.2. The van der Waals surface area contributed by atoms with Crippen LogP contribution in [0.15, 0.2) is 23.1 Å². The highest BCUT2D eigenvalue weighted by Crippen LogP contribution is 2.34. The summed E-state index contributed by atoms with van der Waals surface area (Å²) in [5, 5.41) is 9.98. The number of halogens is 2. The number of aliphatic carboxylic acids is 1. The molecule has 0 amide bonds. The minimum absolute atomic E-state index is 0.0217. The Morgan fingerprint density at radius 2 is 2.19 bits per heavy atom. The number of carboxylic acids is 1. The van der Waals surface area contributed by atoms with E-state index in [9.17, 15) is 4.79 Å². The highest BCUT2D eigenvalue weighted by atomic mass is 35.5. The van der Waals surface area contributed by atoms with Gasteiger partial charge in [0.1, 0.15) is 0 Å². The molecule has 0 radical (unpaired) electrons. The van der Waals surface area contributed by atoms with Gasteiger partial charge >= 0.3 is 5.97 Å². The predicted molar refractivity (Wildman–Crippen MR) is 68.7 cm³/mol. The smallest absolute Gasteiger partial charge is 0.304 e. The second-order valence-electron chi connectivity index (χ2n) is 3.32. The van der Waals surface area contributed by atoms with Crippen LogP contribution in [0.2, 0.25) is 10.0 Å². The molecule has 0 aliphatic carbocycles. The summed E-state index contributed by atoms with van der Waals surface area (Å²) in [7, 11) is 0. The fraction of sp³-hybridized carbons (Fsp3) is 0.364. The van der Waals surface area contributed by atoms with Crippen molar-refractivity contribution in [2.24, 2.45) is 0 Å². The zero-order valence-corrected chi connectivity index (χ0v) is 11.1. The molecule has 5 heteroatoms. The van der Waals surface area contributed by atoms with Crippen LogP contribution in [0, 0.1) is 0 Å². The fourth-order valence-corrected chi connectivity index (χ4v) is 2.83. The van der Waals surface area contributed by atoms with Gasteiger partial charge in [0.15, 0.2) is 0 Å². The minimum atomic E-state index is -0.794. The van der Waals surface area contributed by atoms with Crippen molar-refractivity contribution in [3.63, 3.8) is 0 Å². The van der Waals surface area contributed by atoms with Crippen molar-refractivity contribution in [2.45, 2.75) is 29.9 Å². The normalized spacial score (nSPS) is 12.4. The minimum Gasteiger partial charge on any atom is -0.481 e. The first-order valence-corrected chi connectivity index (χ1v) is 6.50. The summed E-state index contributed by atoms with van der Waals surface area (Å²) in [5.41, 5.74) is 0. The Hall–Kier alpha value is -0.380. The maximum absolute atomic E-state index is 10.6. The van der Waals surface area contributed by atoms with Crippen LogP contribution in [0.4, 0.5) is 0 Å². The average Bonchev–Trinajstić information content (AvgIpc) is 2.21. The lowest BCUT2D eigenvalue weighted by Crippen LogP contribution is -2.08. The Labute approximate surface area is 109 Å². The maximum atomic E-state index is 10.6. The monoisotopic (exact) mass is 278 g/mol. The number of carbonyl (C=O) groups is 1. The molecule has 1 unspecified atom stereocenters. The maximum Gasteiger partial charge on any atom is 0.304 e. The van der Waals surface area contributed by atoms with Gasteiger partial charge in [-0.1, -0.05) is 30.1 Å². The van der Waals surface area contributed by atoms with Crippen molar-refractivity contribution in [3.8, 4) is 0 Å². The van der Waals surface area contributed by atoms with Crippen LogP contribution in [-0.4, -0.2) is 16.3 Å². The SMILES string of the molecule is CCC(CC(=O)O)Sc1cc(Cl)ccc1Cl. The van der Waals surface area contributed by atoms with E-state index in [4.69, 9.17) is 28.3 Å². The van der Waals surface area contributed by atoms with Crippen LogP contribution in [0.5, 0.6) is 0 Å². The van der Waals surface area contributed by atoms with Crippen LogP contribution in [0.3, 0.4) is 0 Å². The van der Waals surface area contributed by atoms with Crippen LogP contribution in [0.25, 0.3) is 0 Å². The van der Waals surface area contributed by atoms with E-state index in [0.717, 1.165) is 11.3 Å². The molecule has 1 aromatic carbocycles. The van der Waals surface area contributed by atoms with Gasteiger partial charge in [0.2, 0.25) is 0 Å². The molecule has 0 fully saturated rings. The van der Waals surface area contributed by atoms with E-state index in [1.165, 1.54) is 11.8 Å². The Bertz CT molecular complexity index is 382. The van der Waals surface area contributed by atoms with Gasteiger partial charge in [0, 0.05) is 15.2 Å². The first kappa shape index (κ1) is 13.7. The molecule has 2 nitrogen and oxygen atoms in total. The lowest BCUT2D eigenvalue weighted by Gasteiger charge is -2.13. The van der Waals surface area contributed by atoms with Gasteiger partial charge in [-0.2, -0.15) is 0 Å². The third-order valence-electron chi connectivity index (χ3n) is 2.04. The average molecular weight is 279 g/mol. The summed E-state index contributed by atoms with van der Waals surface area (Å²) < 4.78 is 0. The van der Waals surface area contributed by atoms with Crippen molar-refractivity contribution >= 4 is 40.9 Å². The number of rotatable bonds is 5. The summed E-state index contributed by atoms with van der Waals surface area (Å²) in [6.07, 6.45) is 0.907. The second-order valence-corrected chi connectivity index (χ2v) is 5.51. The molecule has 1 aromatic rings. The topological polar surface area (TPSA) is 37.3 Å². The van der Waals surface area contributed by atoms with Gasteiger partial charge < -0.3 is 5.11 Å². The number of thioether (sulfide) groups is 1. The molecule has 0 aliphatic rings. The summed E-state index contributed by atoms with van der Waals surface area (Å²) in [5.74, 6) is -0.794. The van der Waals surface area contributed by atoms with E-state index in [1.807, 2.05) is 6.92 Å². The van der Waals surface area contributed by atoms with Crippen molar-refractivity contribution in [1.29, 1.82) is 0 Å². The molecule has 0 aliphatic heterocycles. The van der Waals surface area contributed by atoms with Gasteiger partial charge in [0.25, 0.3) is 0 Å². The van der Waals surface area contributed by atoms with E-state index >= 15 is 0 Å². The molecule has 0 aromatic heterocycles. The molecule has 1 atom stereocenters. The highest BCUT2D eigenvalue weighted by Gasteiger charge is 2.14. The summed E-state index contributed by atoms with van der Waals surface area (Å²) in [4.78, 5) is 11.5. The molecule has 0 bridgehead atoms. The zero-order valence-electron chi connectivity index (χ0n) is 8.74. The molecule has 0 spiro atoms. The van der Waals surface area contributed by atoms with E-state index in [0.29, 0.717) is 10.0 Å². The molecule has 16 heavy (non-hydrogen) atoms. The molecule has 0 heterocycles. The van der Waals surface area contributed by atoms with Crippen LogP contribution >= 0.6 is 35.0 Å². The van der Waals surface area contributed by atoms with Gasteiger partial charge in [-0.3, -0.25) is 4.79 Å². The van der Waals surface area contributed by atoms with E-state index in [2.05, 4.69) is 0 Å². The number of hydrogen-bond donors (Lipinski definition) is 1. The van der Waals surface area contributed by atoms with Crippen molar-refractivity contribution < 1.29 is 9.90 Å². The van der Waals surface area contributed by atoms with Gasteiger partial charge in [-0.05, 0) is 24.6 Å². The van der Waals surface area contributed by atoms with E-state index < -0.39 is 5.97 Å². The van der Waals surface area contributed by atoms with Crippen LogP contribution in [0.1, 0.15) is 19.8 Å². The Kier molecular flexibility index (Phi) is 5.46. The first-order chi connectivity index (χ1) is 7.52. The van der Waals surface area contributed by atoms with E-state index in [-0.39, 0.29) is 11.7 Å². The molecule has 1 N–H and O–H groups in total. The highest BCUT2D eigenvalue weighted by molar-refractivity contribution is 8.00. The Morgan fingerprint density at radius 1 is 1.50 bits per heavy atom. The fourth-order valence-electron chi connectivity index (χ4n) is 1.21. The van der Waals surface area contributed by atoms with Gasteiger partial charge in [0.05, 0.1) is 11.4 Å². The molecule has 0 saturated carbocycles. The second kappa shape index (κ2) is 6.38. The zero-order chi connectivity index (χ0) is 12.1. The first-order valence-electron chi connectivity index (χ1n) is 4.86. The molecular formula is C11H12Cl2O2S. The molecular weight excluding hydrogens is 267 g/mol. The van der Waals surface area contributed by atoms with Crippen molar-refractivity contribution in [2.75, 3.05) is 0 Å². The van der Waals surface area contributed by atoms with Crippen molar-refractivity contribution in [3.05, 3.63) is 28.2 Å². The molecule has 1 rings (SSSR count).